The van der Waals surface area contributed by atoms with Crippen LogP contribution in [0.25, 0.3) is 0 Å². The van der Waals surface area contributed by atoms with E-state index in [0.717, 1.165) is 44.8 Å². The van der Waals surface area contributed by atoms with Crippen LogP contribution in [-0.4, -0.2) is 39.5 Å². The lowest BCUT2D eigenvalue weighted by molar-refractivity contribution is -0.123. The third kappa shape index (κ3) is 3.68. The monoisotopic (exact) mass is 352 g/mol. The molecule has 5 heteroatoms. The first-order chi connectivity index (χ1) is 12.6. The molecule has 2 aliphatic rings. The average molecular weight is 352 g/mol. The molecule has 5 nitrogen and oxygen atoms in total. The quantitative estimate of drug-likeness (QED) is 0.870. The van der Waals surface area contributed by atoms with Gasteiger partial charge in [-0.05, 0) is 32.3 Å². The van der Waals surface area contributed by atoms with Crippen molar-refractivity contribution in [3.8, 4) is 0 Å². The van der Waals surface area contributed by atoms with Crippen molar-refractivity contribution in [3.63, 3.8) is 0 Å². The van der Waals surface area contributed by atoms with Gasteiger partial charge in [0.1, 0.15) is 5.82 Å². The molecule has 0 radical (unpaired) electrons. The summed E-state index contributed by atoms with van der Waals surface area (Å²) in [6.45, 7) is 7.86. The Bertz CT molecular complexity index is 763. The number of aromatic nitrogens is 2. The summed E-state index contributed by atoms with van der Waals surface area (Å²) in [6.07, 6.45) is 6.00. The zero-order valence-electron chi connectivity index (χ0n) is 15.7. The summed E-state index contributed by atoms with van der Waals surface area (Å²) < 4.78 is 2.19. The van der Waals surface area contributed by atoms with Crippen LogP contribution in [0, 0.1) is 12.8 Å². The number of hydrogen-bond acceptors (Lipinski definition) is 3. The lowest BCUT2D eigenvalue weighted by atomic mass is 9.93. The highest BCUT2D eigenvalue weighted by Gasteiger charge is 2.38. The van der Waals surface area contributed by atoms with Gasteiger partial charge < -0.3 is 9.88 Å². The molecule has 1 amide bonds. The van der Waals surface area contributed by atoms with Crippen molar-refractivity contribution >= 4 is 5.91 Å². The van der Waals surface area contributed by atoms with Crippen LogP contribution in [0.5, 0.6) is 0 Å². The second kappa shape index (κ2) is 7.23. The standard InChI is InChI=1S/C21H28N4O/c1-3-25-11-10-22-20(25)14-24-12-18(16-6-4-15(2)5-7-16)19(13-24)23-21(26)17-8-9-17/h4-7,10-11,17-19H,3,8-9,12-14H2,1-2H3,(H,23,26)/t18-,19+/m0/s1. The normalized spacial score (nSPS) is 23.3. The number of rotatable bonds is 6. The van der Waals surface area contributed by atoms with Crippen molar-refractivity contribution in [2.75, 3.05) is 13.1 Å². The van der Waals surface area contributed by atoms with Gasteiger partial charge in [-0.25, -0.2) is 4.98 Å². The fraction of sp³-hybridized carbons (Fsp3) is 0.524. The highest BCUT2D eigenvalue weighted by atomic mass is 16.2. The van der Waals surface area contributed by atoms with Gasteiger partial charge in [-0.3, -0.25) is 9.69 Å². The van der Waals surface area contributed by atoms with Crippen LogP contribution in [0.3, 0.4) is 0 Å². The maximum Gasteiger partial charge on any atom is 0.223 e. The van der Waals surface area contributed by atoms with Crippen LogP contribution >= 0.6 is 0 Å². The van der Waals surface area contributed by atoms with E-state index in [1.54, 1.807) is 0 Å². The Kier molecular flexibility index (Phi) is 4.81. The number of carbonyl (C=O) groups excluding carboxylic acids is 1. The van der Waals surface area contributed by atoms with Crippen molar-refractivity contribution in [1.82, 2.24) is 19.8 Å². The molecule has 1 saturated heterocycles. The molecule has 0 unspecified atom stereocenters. The average Bonchev–Trinajstić information content (AvgIpc) is 3.29. The summed E-state index contributed by atoms with van der Waals surface area (Å²) in [5, 5.41) is 3.33. The second-order valence-corrected chi connectivity index (χ2v) is 7.73. The lowest BCUT2D eigenvalue weighted by Crippen LogP contribution is -2.40. The number of nitrogens with one attached hydrogen (secondary N) is 1. The minimum Gasteiger partial charge on any atom is -0.351 e. The number of amides is 1. The SMILES string of the molecule is CCn1ccnc1CN1C[C@@H](NC(=O)C2CC2)[C@H](c2ccc(C)cc2)C1. The molecule has 1 aliphatic heterocycles. The molecule has 2 fully saturated rings. The largest absolute Gasteiger partial charge is 0.351 e. The second-order valence-electron chi connectivity index (χ2n) is 7.73. The van der Waals surface area contributed by atoms with Crippen molar-refractivity contribution in [2.24, 2.45) is 5.92 Å². The Balaban J connectivity index is 1.51. The summed E-state index contributed by atoms with van der Waals surface area (Å²) in [5.41, 5.74) is 2.59. The molecule has 0 bridgehead atoms. The number of aryl methyl sites for hydroxylation is 2. The highest BCUT2D eigenvalue weighted by molar-refractivity contribution is 5.81. The molecule has 0 spiro atoms. The lowest BCUT2D eigenvalue weighted by Gasteiger charge is -2.20. The Hall–Kier alpha value is -2.14. The molecule has 138 valence electrons. The van der Waals surface area contributed by atoms with Crippen molar-refractivity contribution in [1.29, 1.82) is 0 Å². The first-order valence-electron chi connectivity index (χ1n) is 9.73. The molecule has 4 rings (SSSR count). The van der Waals surface area contributed by atoms with Crippen molar-refractivity contribution in [2.45, 2.75) is 51.7 Å². The van der Waals surface area contributed by atoms with Crippen molar-refractivity contribution in [3.05, 3.63) is 53.6 Å². The van der Waals surface area contributed by atoms with Gasteiger partial charge in [0.25, 0.3) is 0 Å². The maximum absolute atomic E-state index is 12.4. The van der Waals surface area contributed by atoms with E-state index < -0.39 is 0 Å². The predicted molar refractivity (Wildman–Crippen MR) is 102 cm³/mol. The summed E-state index contributed by atoms with van der Waals surface area (Å²) in [7, 11) is 0. The molecule has 1 aromatic carbocycles. The van der Waals surface area contributed by atoms with Gasteiger partial charge in [0, 0.05) is 49.9 Å². The molecular formula is C21H28N4O. The number of nitrogens with zero attached hydrogens (tertiary/aromatic N) is 3. The maximum atomic E-state index is 12.4. The Morgan fingerprint density at radius 1 is 1.23 bits per heavy atom. The fourth-order valence-electron chi connectivity index (χ4n) is 3.94. The van der Waals surface area contributed by atoms with Gasteiger partial charge in [0.2, 0.25) is 5.91 Å². The Morgan fingerprint density at radius 3 is 2.69 bits per heavy atom. The summed E-state index contributed by atoms with van der Waals surface area (Å²) >= 11 is 0. The molecule has 2 heterocycles. The zero-order chi connectivity index (χ0) is 18.1. The van der Waals surface area contributed by atoms with E-state index >= 15 is 0 Å². The van der Waals surface area contributed by atoms with Gasteiger partial charge in [-0.1, -0.05) is 29.8 Å². The number of likely N-dealkylation sites (tertiary alicyclic amines) is 1. The van der Waals surface area contributed by atoms with Crippen LogP contribution < -0.4 is 5.32 Å². The van der Waals surface area contributed by atoms with E-state index in [-0.39, 0.29) is 17.9 Å². The van der Waals surface area contributed by atoms with Gasteiger partial charge in [-0.2, -0.15) is 0 Å². The third-order valence-electron chi connectivity index (χ3n) is 5.68. The number of benzene rings is 1. The molecule has 1 N–H and O–H groups in total. The number of imidazole rings is 1. The predicted octanol–water partition coefficient (Wildman–Crippen LogP) is 2.71. The van der Waals surface area contributed by atoms with E-state index in [4.69, 9.17) is 0 Å². The summed E-state index contributed by atoms with van der Waals surface area (Å²) in [6, 6.07) is 8.94. The number of carbonyl (C=O) groups is 1. The highest BCUT2D eigenvalue weighted by Crippen LogP contribution is 2.32. The van der Waals surface area contributed by atoms with E-state index in [2.05, 4.69) is 57.9 Å². The van der Waals surface area contributed by atoms with Crippen LogP contribution in [0.15, 0.2) is 36.7 Å². The Labute approximate surface area is 155 Å². The van der Waals surface area contributed by atoms with Crippen LogP contribution in [-0.2, 0) is 17.9 Å². The van der Waals surface area contributed by atoms with Crippen LogP contribution in [0.4, 0.5) is 0 Å². The molecule has 1 saturated carbocycles. The fourth-order valence-corrected chi connectivity index (χ4v) is 3.94. The molecule has 26 heavy (non-hydrogen) atoms. The molecule has 1 aliphatic carbocycles. The van der Waals surface area contributed by atoms with Crippen LogP contribution in [0.2, 0.25) is 0 Å². The minimum absolute atomic E-state index is 0.177. The molecule has 2 atom stereocenters. The molecule has 2 aromatic rings. The summed E-state index contributed by atoms with van der Waals surface area (Å²) in [4.78, 5) is 19.3. The first-order valence-corrected chi connectivity index (χ1v) is 9.73. The number of hydrogen-bond donors (Lipinski definition) is 1. The smallest absolute Gasteiger partial charge is 0.223 e. The van der Waals surface area contributed by atoms with Gasteiger partial charge in [0.15, 0.2) is 0 Å². The minimum atomic E-state index is 0.177. The molecule has 1 aromatic heterocycles. The van der Waals surface area contributed by atoms with E-state index in [0.29, 0.717) is 5.92 Å². The topological polar surface area (TPSA) is 50.2 Å². The van der Waals surface area contributed by atoms with E-state index in [9.17, 15) is 4.79 Å². The van der Waals surface area contributed by atoms with Crippen LogP contribution in [0.1, 0.15) is 42.6 Å². The first kappa shape index (κ1) is 17.3. The van der Waals surface area contributed by atoms with E-state index in [1.165, 1.54) is 11.1 Å². The van der Waals surface area contributed by atoms with E-state index in [1.807, 2.05) is 12.4 Å². The van der Waals surface area contributed by atoms with Gasteiger partial charge in [0.05, 0.1) is 6.54 Å². The van der Waals surface area contributed by atoms with Crippen molar-refractivity contribution < 1.29 is 4.79 Å². The third-order valence-corrected chi connectivity index (χ3v) is 5.68. The van der Waals surface area contributed by atoms with Gasteiger partial charge in [-0.15, -0.1) is 0 Å². The Morgan fingerprint density at radius 2 is 2.00 bits per heavy atom. The molecular weight excluding hydrogens is 324 g/mol. The summed E-state index contributed by atoms with van der Waals surface area (Å²) in [5.74, 6) is 1.93. The van der Waals surface area contributed by atoms with Gasteiger partial charge >= 0.3 is 0 Å². The zero-order valence-corrected chi connectivity index (χ0v) is 15.7.